The quantitative estimate of drug-likeness (QED) is 0.904. The number of aromatic nitrogens is 3. The molecule has 0 saturated heterocycles. The van der Waals surface area contributed by atoms with Gasteiger partial charge in [-0.2, -0.15) is 0 Å². The fraction of sp³-hybridized carbons (Fsp3) is 0.467. The molecule has 0 atom stereocenters. The Morgan fingerprint density at radius 1 is 1.35 bits per heavy atom. The molecule has 23 heavy (non-hydrogen) atoms. The summed E-state index contributed by atoms with van der Waals surface area (Å²) >= 11 is 1.53. The largest absolute Gasteiger partial charge is 0.444 e. The maximum atomic E-state index is 11.6. The van der Waals surface area contributed by atoms with Gasteiger partial charge in [0.1, 0.15) is 16.3 Å². The maximum Gasteiger partial charge on any atom is 0.407 e. The zero-order valence-electron chi connectivity index (χ0n) is 13.7. The number of hydrogen-bond acceptors (Lipinski definition) is 7. The molecule has 0 aliphatic rings. The van der Waals surface area contributed by atoms with Crippen LogP contribution in [0.25, 0.3) is 10.7 Å². The minimum Gasteiger partial charge on any atom is -0.444 e. The third kappa shape index (κ3) is 5.48. The van der Waals surface area contributed by atoms with E-state index in [1.54, 1.807) is 12.4 Å². The SMILES string of the molecule is CN(CCNC(=O)OC(C)(C)C)c1nccc(-c2nccs2)n1. The maximum absolute atomic E-state index is 11.6. The first-order valence-corrected chi connectivity index (χ1v) is 8.14. The minimum absolute atomic E-state index is 0.427. The summed E-state index contributed by atoms with van der Waals surface area (Å²) in [7, 11) is 1.87. The van der Waals surface area contributed by atoms with Gasteiger partial charge in [0.05, 0.1) is 0 Å². The van der Waals surface area contributed by atoms with E-state index in [4.69, 9.17) is 4.74 Å². The number of nitrogens with zero attached hydrogens (tertiary/aromatic N) is 4. The zero-order chi connectivity index (χ0) is 16.9. The summed E-state index contributed by atoms with van der Waals surface area (Å²) < 4.78 is 5.19. The van der Waals surface area contributed by atoms with Crippen LogP contribution in [-0.4, -0.2) is 46.8 Å². The zero-order valence-corrected chi connectivity index (χ0v) is 14.6. The monoisotopic (exact) mass is 335 g/mol. The summed E-state index contributed by atoms with van der Waals surface area (Å²) in [6, 6.07) is 1.83. The van der Waals surface area contributed by atoms with E-state index in [2.05, 4.69) is 20.3 Å². The first-order chi connectivity index (χ1) is 10.8. The predicted molar refractivity (Wildman–Crippen MR) is 90.6 cm³/mol. The summed E-state index contributed by atoms with van der Waals surface area (Å²) in [5.74, 6) is 0.587. The van der Waals surface area contributed by atoms with Crippen molar-refractivity contribution in [1.29, 1.82) is 0 Å². The van der Waals surface area contributed by atoms with Crippen molar-refractivity contribution >= 4 is 23.4 Å². The van der Waals surface area contributed by atoms with Crippen molar-refractivity contribution in [2.24, 2.45) is 0 Å². The predicted octanol–water partition coefficient (Wildman–Crippen LogP) is 2.56. The molecule has 0 unspecified atom stereocenters. The van der Waals surface area contributed by atoms with Crippen LogP contribution in [0.3, 0.4) is 0 Å². The highest BCUT2D eigenvalue weighted by Gasteiger charge is 2.16. The number of carbonyl (C=O) groups excluding carboxylic acids is 1. The number of anilines is 1. The average Bonchev–Trinajstić information content (AvgIpc) is 2.99. The summed E-state index contributed by atoms with van der Waals surface area (Å²) in [4.78, 5) is 26.5. The number of amides is 1. The van der Waals surface area contributed by atoms with Gasteiger partial charge in [0, 0.05) is 37.9 Å². The van der Waals surface area contributed by atoms with Crippen LogP contribution in [0.1, 0.15) is 20.8 Å². The highest BCUT2D eigenvalue weighted by Crippen LogP contribution is 2.20. The van der Waals surface area contributed by atoms with Crippen molar-refractivity contribution < 1.29 is 9.53 Å². The number of rotatable bonds is 5. The highest BCUT2D eigenvalue weighted by molar-refractivity contribution is 7.13. The van der Waals surface area contributed by atoms with E-state index in [-0.39, 0.29) is 0 Å². The molecule has 2 aromatic heterocycles. The lowest BCUT2D eigenvalue weighted by atomic mass is 10.2. The molecule has 2 rings (SSSR count). The van der Waals surface area contributed by atoms with Gasteiger partial charge in [-0.1, -0.05) is 0 Å². The molecule has 2 aromatic rings. The normalized spacial score (nSPS) is 11.1. The number of alkyl carbamates (subject to hydrolysis) is 1. The summed E-state index contributed by atoms with van der Waals surface area (Å²) in [6.45, 7) is 6.50. The van der Waals surface area contributed by atoms with E-state index >= 15 is 0 Å². The van der Waals surface area contributed by atoms with Crippen LogP contribution in [0.5, 0.6) is 0 Å². The minimum atomic E-state index is -0.499. The second-order valence-electron chi connectivity index (χ2n) is 5.93. The van der Waals surface area contributed by atoms with Gasteiger partial charge in [0.2, 0.25) is 5.95 Å². The molecule has 0 fully saturated rings. The molecular weight excluding hydrogens is 314 g/mol. The molecular formula is C15H21N5O2S. The average molecular weight is 335 g/mol. The van der Waals surface area contributed by atoms with Crippen molar-refractivity contribution in [2.45, 2.75) is 26.4 Å². The molecule has 7 nitrogen and oxygen atoms in total. The van der Waals surface area contributed by atoms with Crippen LogP contribution in [0.15, 0.2) is 23.8 Å². The van der Waals surface area contributed by atoms with Crippen LogP contribution in [0.2, 0.25) is 0 Å². The topological polar surface area (TPSA) is 80.2 Å². The van der Waals surface area contributed by atoms with Gasteiger partial charge in [-0.25, -0.2) is 19.7 Å². The second kappa shape index (κ2) is 7.36. The van der Waals surface area contributed by atoms with E-state index in [0.717, 1.165) is 10.7 Å². The van der Waals surface area contributed by atoms with Crippen LogP contribution >= 0.6 is 11.3 Å². The molecule has 0 bridgehead atoms. The van der Waals surface area contributed by atoms with Crippen molar-refractivity contribution in [3.05, 3.63) is 23.8 Å². The third-order valence-corrected chi connectivity index (χ3v) is 3.55. The van der Waals surface area contributed by atoms with E-state index < -0.39 is 11.7 Å². The molecule has 0 spiro atoms. The fourth-order valence-electron chi connectivity index (χ4n) is 1.74. The van der Waals surface area contributed by atoms with Crippen molar-refractivity contribution in [3.8, 4) is 10.7 Å². The van der Waals surface area contributed by atoms with Gasteiger partial charge in [0.15, 0.2) is 0 Å². The number of likely N-dealkylation sites (N-methyl/N-ethyl adjacent to an activating group) is 1. The van der Waals surface area contributed by atoms with Gasteiger partial charge in [-0.3, -0.25) is 0 Å². The molecule has 0 saturated carbocycles. The standard InChI is InChI=1S/C15H21N5O2S/c1-15(2,3)22-14(21)18-7-9-20(4)13-17-6-5-11(19-13)12-16-8-10-23-12/h5-6,8,10H,7,9H2,1-4H3,(H,18,21). The van der Waals surface area contributed by atoms with E-state index in [0.29, 0.717) is 19.0 Å². The Hall–Kier alpha value is -2.22. The first kappa shape index (κ1) is 17.1. The highest BCUT2D eigenvalue weighted by atomic mass is 32.1. The number of hydrogen-bond donors (Lipinski definition) is 1. The lowest BCUT2D eigenvalue weighted by Crippen LogP contribution is -2.37. The van der Waals surface area contributed by atoms with E-state index in [9.17, 15) is 4.79 Å². The Kier molecular flexibility index (Phi) is 5.49. The lowest BCUT2D eigenvalue weighted by Gasteiger charge is -2.21. The fourth-order valence-corrected chi connectivity index (χ4v) is 2.35. The molecule has 0 aliphatic carbocycles. The number of nitrogens with one attached hydrogen (secondary N) is 1. The summed E-state index contributed by atoms with van der Waals surface area (Å²) in [5.41, 5.74) is 0.290. The van der Waals surface area contributed by atoms with Crippen molar-refractivity contribution in [3.63, 3.8) is 0 Å². The second-order valence-corrected chi connectivity index (χ2v) is 6.82. The Labute approximate surface area is 139 Å². The number of ether oxygens (including phenoxy) is 1. The lowest BCUT2D eigenvalue weighted by molar-refractivity contribution is 0.0529. The molecule has 1 amide bonds. The molecule has 0 aromatic carbocycles. The van der Waals surface area contributed by atoms with Crippen LogP contribution in [0.4, 0.5) is 10.7 Å². The van der Waals surface area contributed by atoms with Crippen LogP contribution < -0.4 is 10.2 Å². The van der Waals surface area contributed by atoms with Gasteiger partial charge in [-0.05, 0) is 26.8 Å². The molecule has 124 valence electrons. The van der Waals surface area contributed by atoms with Gasteiger partial charge >= 0.3 is 6.09 Å². The van der Waals surface area contributed by atoms with Crippen LogP contribution in [-0.2, 0) is 4.74 Å². The Morgan fingerprint density at radius 3 is 2.78 bits per heavy atom. The Morgan fingerprint density at radius 2 is 2.13 bits per heavy atom. The van der Waals surface area contributed by atoms with E-state index in [1.807, 2.05) is 44.2 Å². The number of carbonyl (C=O) groups is 1. The molecule has 2 heterocycles. The molecule has 0 radical (unpaired) electrons. The molecule has 8 heteroatoms. The van der Waals surface area contributed by atoms with Crippen molar-refractivity contribution in [2.75, 3.05) is 25.0 Å². The smallest absolute Gasteiger partial charge is 0.407 e. The van der Waals surface area contributed by atoms with Gasteiger partial charge < -0.3 is 15.0 Å². The van der Waals surface area contributed by atoms with Gasteiger partial charge in [0.25, 0.3) is 0 Å². The Bertz CT molecular complexity index is 640. The van der Waals surface area contributed by atoms with Crippen molar-refractivity contribution in [1.82, 2.24) is 20.3 Å². The first-order valence-electron chi connectivity index (χ1n) is 7.26. The van der Waals surface area contributed by atoms with Crippen LogP contribution in [0, 0.1) is 0 Å². The summed E-state index contributed by atoms with van der Waals surface area (Å²) in [5, 5.41) is 5.48. The Balaban J connectivity index is 1.88. The molecule has 0 aliphatic heterocycles. The summed E-state index contributed by atoms with van der Waals surface area (Å²) in [6.07, 6.45) is 3.02. The molecule has 1 N–H and O–H groups in total. The third-order valence-electron chi connectivity index (χ3n) is 2.75. The van der Waals surface area contributed by atoms with E-state index in [1.165, 1.54) is 11.3 Å². The van der Waals surface area contributed by atoms with Gasteiger partial charge in [-0.15, -0.1) is 11.3 Å². The number of thiazole rings is 1.